The summed E-state index contributed by atoms with van der Waals surface area (Å²) in [5.41, 5.74) is 1.31. The van der Waals surface area contributed by atoms with Gasteiger partial charge in [0.1, 0.15) is 0 Å². The van der Waals surface area contributed by atoms with Crippen molar-refractivity contribution in [2.24, 2.45) is 5.92 Å². The fraction of sp³-hybridized carbons (Fsp3) is 0.800. The van der Waals surface area contributed by atoms with E-state index in [2.05, 4.69) is 25.7 Å². The van der Waals surface area contributed by atoms with Crippen LogP contribution in [0.1, 0.15) is 33.1 Å². The molecule has 0 saturated carbocycles. The number of rotatable bonds is 6. The summed E-state index contributed by atoms with van der Waals surface area (Å²) in [7, 11) is 2.02. The molecule has 1 heteroatoms. The van der Waals surface area contributed by atoms with Crippen LogP contribution in [0.2, 0.25) is 0 Å². The third-order valence-corrected chi connectivity index (χ3v) is 2.05. The molecule has 0 heterocycles. The van der Waals surface area contributed by atoms with E-state index in [0.29, 0.717) is 0 Å². The molecule has 0 rings (SSSR count). The Morgan fingerprint density at radius 1 is 1.55 bits per heavy atom. The smallest absolute Gasteiger partial charge is 0.00235 e. The molecule has 0 amide bonds. The van der Waals surface area contributed by atoms with Crippen LogP contribution >= 0.6 is 0 Å². The summed E-state index contributed by atoms with van der Waals surface area (Å²) in [6.07, 6.45) is 3.74. The predicted molar refractivity (Wildman–Crippen MR) is 51.8 cm³/mol. The van der Waals surface area contributed by atoms with Crippen molar-refractivity contribution in [3.8, 4) is 0 Å². The van der Waals surface area contributed by atoms with Crippen LogP contribution in [-0.2, 0) is 0 Å². The molecule has 0 aliphatic heterocycles. The summed E-state index contributed by atoms with van der Waals surface area (Å²) < 4.78 is 0. The summed E-state index contributed by atoms with van der Waals surface area (Å²) in [4.78, 5) is 0. The first-order chi connectivity index (χ1) is 5.20. The van der Waals surface area contributed by atoms with Crippen molar-refractivity contribution in [2.45, 2.75) is 33.1 Å². The second-order valence-electron chi connectivity index (χ2n) is 3.33. The van der Waals surface area contributed by atoms with Gasteiger partial charge in [-0.15, -0.1) is 6.58 Å². The quantitative estimate of drug-likeness (QED) is 0.581. The van der Waals surface area contributed by atoms with E-state index in [1.54, 1.807) is 0 Å². The van der Waals surface area contributed by atoms with Crippen LogP contribution < -0.4 is 5.32 Å². The van der Waals surface area contributed by atoms with Gasteiger partial charge >= 0.3 is 0 Å². The fourth-order valence-electron chi connectivity index (χ4n) is 1.19. The zero-order chi connectivity index (χ0) is 8.69. The maximum Gasteiger partial charge on any atom is -0.00235 e. The average molecular weight is 155 g/mol. The van der Waals surface area contributed by atoms with Crippen LogP contribution in [0.3, 0.4) is 0 Å². The van der Waals surface area contributed by atoms with E-state index in [1.807, 2.05) is 7.05 Å². The first kappa shape index (κ1) is 10.7. The van der Waals surface area contributed by atoms with Gasteiger partial charge in [0, 0.05) is 0 Å². The van der Waals surface area contributed by atoms with Gasteiger partial charge in [0.05, 0.1) is 0 Å². The molecule has 0 aromatic rings. The largest absolute Gasteiger partial charge is 0.319 e. The van der Waals surface area contributed by atoms with Crippen LogP contribution in [-0.4, -0.2) is 13.6 Å². The molecule has 0 aromatic heterocycles. The van der Waals surface area contributed by atoms with Gasteiger partial charge < -0.3 is 5.32 Å². The highest BCUT2D eigenvalue weighted by atomic mass is 14.8. The molecule has 0 bridgehead atoms. The number of hydrogen-bond acceptors (Lipinski definition) is 1. The van der Waals surface area contributed by atoms with Crippen LogP contribution in [0.25, 0.3) is 0 Å². The average Bonchev–Trinajstić information content (AvgIpc) is 1.97. The minimum atomic E-state index is 0.830. The van der Waals surface area contributed by atoms with Crippen molar-refractivity contribution >= 4 is 0 Å². The normalized spacial score (nSPS) is 13.0. The van der Waals surface area contributed by atoms with Crippen LogP contribution in [0.4, 0.5) is 0 Å². The molecule has 1 N–H and O–H groups in total. The third-order valence-electron chi connectivity index (χ3n) is 2.05. The Kier molecular flexibility index (Phi) is 6.24. The molecular weight excluding hydrogens is 134 g/mol. The Balaban J connectivity index is 3.43. The maximum absolute atomic E-state index is 3.90. The summed E-state index contributed by atoms with van der Waals surface area (Å²) in [5.74, 6) is 0.830. The molecule has 0 aliphatic rings. The number of hydrogen-bond donors (Lipinski definition) is 1. The molecule has 1 unspecified atom stereocenters. The molecule has 0 radical (unpaired) electrons. The topological polar surface area (TPSA) is 12.0 Å². The molecule has 0 fully saturated rings. The van der Waals surface area contributed by atoms with E-state index in [0.717, 1.165) is 12.5 Å². The van der Waals surface area contributed by atoms with Gasteiger partial charge in [0.15, 0.2) is 0 Å². The van der Waals surface area contributed by atoms with E-state index in [1.165, 1.54) is 24.8 Å². The fourth-order valence-corrected chi connectivity index (χ4v) is 1.19. The second kappa shape index (κ2) is 6.41. The van der Waals surface area contributed by atoms with Gasteiger partial charge in [-0.2, -0.15) is 0 Å². The van der Waals surface area contributed by atoms with Gasteiger partial charge in [0.25, 0.3) is 0 Å². The van der Waals surface area contributed by atoms with E-state index in [4.69, 9.17) is 0 Å². The third kappa shape index (κ3) is 6.11. The minimum absolute atomic E-state index is 0.830. The first-order valence-electron chi connectivity index (χ1n) is 4.49. The molecule has 66 valence electrons. The Labute approximate surface area is 70.9 Å². The van der Waals surface area contributed by atoms with Crippen LogP contribution in [0.5, 0.6) is 0 Å². The SMILES string of the molecule is C=C(C)CCC(CC)CNC. The zero-order valence-corrected chi connectivity index (χ0v) is 8.11. The lowest BCUT2D eigenvalue weighted by molar-refractivity contribution is 0.450. The molecule has 11 heavy (non-hydrogen) atoms. The van der Waals surface area contributed by atoms with Crippen molar-refractivity contribution in [3.63, 3.8) is 0 Å². The van der Waals surface area contributed by atoms with Crippen molar-refractivity contribution in [1.29, 1.82) is 0 Å². The Morgan fingerprint density at radius 2 is 2.18 bits per heavy atom. The van der Waals surface area contributed by atoms with Crippen molar-refractivity contribution in [2.75, 3.05) is 13.6 Å². The number of allylic oxidation sites excluding steroid dienone is 1. The Hall–Kier alpha value is -0.300. The van der Waals surface area contributed by atoms with Crippen molar-refractivity contribution in [3.05, 3.63) is 12.2 Å². The van der Waals surface area contributed by atoms with Gasteiger partial charge in [-0.25, -0.2) is 0 Å². The lowest BCUT2D eigenvalue weighted by atomic mass is 9.98. The molecule has 1 atom stereocenters. The molecule has 0 aromatic carbocycles. The van der Waals surface area contributed by atoms with Gasteiger partial charge in [-0.1, -0.05) is 18.9 Å². The van der Waals surface area contributed by atoms with E-state index in [-0.39, 0.29) is 0 Å². The lowest BCUT2D eigenvalue weighted by Gasteiger charge is -2.13. The van der Waals surface area contributed by atoms with E-state index >= 15 is 0 Å². The highest BCUT2D eigenvalue weighted by Gasteiger charge is 2.03. The van der Waals surface area contributed by atoms with Crippen LogP contribution in [0.15, 0.2) is 12.2 Å². The van der Waals surface area contributed by atoms with Gasteiger partial charge in [-0.3, -0.25) is 0 Å². The zero-order valence-electron chi connectivity index (χ0n) is 8.11. The van der Waals surface area contributed by atoms with Gasteiger partial charge in [-0.05, 0) is 39.3 Å². The molecule has 0 aliphatic carbocycles. The molecule has 1 nitrogen and oxygen atoms in total. The number of nitrogens with one attached hydrogen (secondary N) is 1. The van der Waals surface area contributed by atoms with E-state index in [9.17, 15) is 0 Å². The summed E-state index contributed by atoms with van der Waals surface area (Å²) in [6.45, 7) is 9.40. The monoisotopic (exact) mass is 155 g/mol. The highest BCUT2D eigenvalue weighted by Crippen LogP contribution is 2.12. The predicted octanol–water partition coefficient (Wildman–Crippen LogP) is 2.59. The first-order valence-corrected chi connectivity index (χ1v) is 4.49. The summed E-state index contributed by atoms with van der Waals surface area (Å²) in [5, 5.41) is 3.21. The Morgan fingerprint density at radius 3 is 2.55 bits per heavy atom. The van der Waals surface area contributed by atoms with E-state index < -0.39 is 0 Å². The molecular formula is C10H21N. The summed E-state index contributed by atoms with van der Waals surface area (Å²) in [6, 6.07) is 0. The van der Waals surface area contributed by atoms with Crippen LogP contribution in [0, 0.1) is 5.92 Å². The van der Waals surface area contributed by atoms with Gasteiger partial charge in [0.2, 0.25) is 0 Å². The lowest BCUT2D eigenvalue weighted by Crippen LogP contribution is -2.18. The second-order valence-corrected chi connectivity index (χ2v) is 3.33. The maximum atomic E-state index is 3.90. The molecule has 0 saturated heterocycles. The highest BCUT2D eigenvalue weighted by molar-refractivity contribution is 4.88. The summed E-state index contributed by atoms with van der Waals surface area (Å²) >= 11 is 0. The van der Waals surface area contributed by atoms with Crippen molar-refractivity contribution in [1.82, 2.24) is 5.32 Å². The Bertz CT molecular complexity index is 107. The van der Waals surface area contributed by atoms with Crippen molar-refractivity contribution < 1.29 is 0 Å². The standard InChI is InChI=1S/C10H21N/c1-5-10(8-11-4)7-6-9(2)3/h10-11H,2,5-8H2,1,3-4H3. The molecule has 0 spiro atoms. The minimum Gasteiger partial charge on any atom is -0.319 e.